The van der Waals surface area contributed by atoms with Gasteiger partial charge >= 0.3 is 0 Å². The molecule has 23 heavy (non-hydrogen) atoms. The van der Waals surface area contributed by atoms with Crippen molar-refractivity contribution in [3.05, 3.63) is 53.6 Å². The summed E-state index contributed by atoms with van der Waals surface area (Å²) in [7, 11) is 0. The third-order valence-corrected chi connectivity index (χ3v) is 5.26. The molecule has 2 aliphatic rings. The molecule has 2 heterocycles. The first kappa shape index (κ1) is 14.9. The van der Waals surface area contributed by atoms with Gasteiger partial charge < -0.3 is 4.57 Å². The average molecular weight is 309 g/mol. The Kier molecular flexibility index (Phi) is 4.21. The number of nitrogens with zero attached hydrogens (tertiary/aromatic N) is 3. The maximum atomic E-state index is 4.71. The molecule has 3 heteroatoms. The number of hydrogen-bond acceptors (Lipinski definition) is 2. The van der Waals surface area contributed by atoms with Crippen LogP contribution in [0.3, 0.4) is 0 Å². The summed E-state index contributed by atoms with van der Waals surface area (Å²) < 4.78 is 2.43. The number of likely N-dealkylation sites (tertiary alicyclic amines) is 1. The van der Waals surface area contributed by atoms with Crippen LogP contribution in [0, 0.1) is 12.8 Å². The van der Waals surface area contributed by atoms with E-state index in [1.54, 1.807) is 0 Å². The Morgan fingerprint density at radius 2 is 2.13 bits per heavy atom. The summed E-state index contributed by atoms with van der Waals surface area (Å²) >= 11 is 0. The van der Waals surface area contributed by atoms with Gasteiger partial charge in [0, 0.05) is 37.9 Å². The van der Waals surface area contributed by atoms with E-state index in [2.05, 4.69) is 46.9 Å². The van der Waals surface area contributed by atoms with E-state index in [-0.39, 0.29) is 0 Å². The molecule has 1 saturated heterocycles. The van der Waals surface area contributed by atoms with Gasteiger partial charge in [0.15, 0.2) is 0 Å². The van der Waals surface area contributed by atoms with E-state index in [0.717, 1.165) is 19.0 Å². The van der Waals surface area contributed by atoms with Crippen LogP contribution in [-0.4, -0.2) is 27.5 Å². The number of hydrogen-bond donors (Lipinski definition) is 0. The van der Waals surface area contributed by atoms with E-state index < -0.39 is 0 Å². The lowest BCUT2D eigenvalue weighted by molar-refractivity contribution is 0.194. The van der Waals surface area contributed by atoms with Gasteiger partial charge in [0.1, 0.15) is 5.82 Å². The second-order valence-corrected chi connectivity index (χ2v) is 7.44. The van der Waals surface area contributed by atoms with Gasteiger partial charge in [-0.3, -0.25) is 4.90 Å². The molecule has 0 amide bonds. The van der Waals surface area contributed by atoms with Crippen LogP contribution in [-0.2, 0) is 13.1 Å². The van der Waals surface area contributed by atoms with Gasteiger partial charge in [-0.15, -0.1) is 0 Å². The number of benzene rings is 1. The summed E-state index contributed by atoms with van der Waals surface area (Å²) in [6.07, 6.45) is 9.56. The highest BCUT2D eigenvalue weighted by Crippen LogP contribution is 2.33. The largest absolute Gasteiger partial charge is 0.334 e. The zero-order valence-corrected chi connectivity index (χ0v) is 14.1. The first-order chi connectivity index (χ1) is 11.3. The first-order valence-electron chi connectivity index (χ1n) is 9.07. The molecule has 0 unspecified atom stereocenters. The molecule has 1 aliphatic heterocycles. The normalized spacial score (nSPS) is 22.4. The maximum Gasteiger partial charge on any atom is 0.113 e. The van der Waals surface area contributed by atoms with Crippen LogP contribution >= 0.6 is 0 Å². The number of imidazole rings is 1. The van der Waals surface area contributed by atoms with Crippen molar-refractivity contribution in [2.24, 2.45) is 5.92 Å². The van der Waals surface area contributed by atoms with Gasteiger partial charge in [0.25, 0.3) is 0 Å². The topological polar surface area (TPSA) is 21.1 Å². The fourth-order valence-electron chi connectivity index (χ4n) is 3.89. The zero-order chi connectivity index (χ0) is 15.6. The Morgan fingerprint density at radius 1 is 1.22 bits per heavy atom. The minimum Gasteiger partial charge on any atom is -0.334 e. The lowest BCUT2D eigenvalue weighted by Crippen LogP contribution is -2.35. The molecule has 0 bridgehead atoms. The fourth-order valence-corrected chi connectivity index (χ4v) is 3.89. The number of aryl methyl sites for hydroxylation is 1. The van der Waals surface area contributed by atoms with Gasteiger partial charge in [0.05, 0.1) is 0 Å². The molecule has 3 nitrogen and oxygen atoms in total. The van der Waals surface area contributed by atoms with E-state index in [4.69, 9.17) is 4.98 Å². The smallest absolute Gasteiger partial charge is 0.113 e. The van der Waals surface area contributed by atoms with Crippen molar-refractivity contribution in [2.45, 2.75) is 51.6 Å². The molecule has 4 rings (SSSR count). The molecule has 2 fully saturated rings. The predicted octanol–water partition coefficient (Wildman–Crippen LogP) is 3.98. The highest BCUT2D eigenvalue weighted by atomic mass is 15.1. The molecular weight excluding hydrogens is 282 g/mol. The quantitative estimate of drug-likeness (QED) is 0.833. The van der Waals surface area contributed by atoms with Gasteiger partial charge in [-0.05, 0) is 50.6 Å². The van der Waals surface area contributed by atoms with Crippen LogP contribution in [0.1, 0.15) is 48.6 Å². The van der Waals surface area contributed by atoms with Crippen molar-refractivity contribution in [2.75, 3.05) is 13.1 Å². The molecule has 1 aliphatic carbocycles. The standard InChI is InChI=1S/C20H27N3/c1-16-4-2-5-18(12-16)13-22-10-3-6-19(15-22)20-21-9-11-23(20)14-17-7-8-17/h2,4-5,9,11-12,17,19H,3,6-8,10,13-15H2,1H3/t19-/m1/s1. The third kappa shape index (κ3) is 3.66. The van der Waals surface area contributed by atoms with Crippen molar-refractivity contribution in [3.8, 4) is 0 Å². The summed E-state index contributed by atoms with van der Waals surface area (Å²) in [6.45, 7) is 6.80. The van der Waals surface area contributed by atoms with E-state index in [0.29, 0.717) is 5.92 Å². The average Bonchev–Trinajstić information content (AvgIpc) is 3.23. The van der Waals surface area contributed by atoms with E-state index in [1.165, 1.54) is 55.7 Å². The Bertz CT molecular complexity index is 656. The minimum atomic E-state index is 0.599. The van der Waals surface area contributed by atoms with Crippen LogP contribution < -0.4 is 0 Å². The molecular formula is C20H27N3. The van der Waals surface area contributed by atoms with Gasteiger partial charge in [-0.25, -0.2) is 4.98 Å². The second kappa shape index (κ2) is 6.48. The molecule has 2 aromatic rings. The van der Waals surface area contributed by atoms with Crippen molar-refractivity contribution in [1.29, 1.82) is 0 Å². The van der Waals surface area contributed by atoms with Crippen LogP contribution in [0.15, 0.2) is 36.7 Å². The van der Waals surface area contributed by atoms with E-state index >= 15 is 0 Å². The molecule has 1 aromatic carbocycles. The lowest BCUT2D eigenvalue weighted by Gasteiger charge is -2.32. The Hall–Kier alpha value is -1.61. The molecule has 1 saturated carbocycles. The number of aromatic nitrogens is 2. The Morgan fingerprint density at radius 3 is 2.96 bits per heavy atom. The van der Waals surface area contributed by atoms with E-state index in [1.807, 2.05) is 6.20 Å². The summed E-state index contributed by atoms with van der Waals surface area (Å²) in [5.41, 5.74) is 2.79. The minimum absolute atomic E-state index is 0.599. The molecule has 122 valence electrons. The highest BCUT2D eigenvalue weighted by molar-refractivity contribution is 5.22. The highest BCUT2D eigenvalue weighted by Gasteiger charge is 2.27. The SMILES string of the molecule is Cc1cccc(CN2CCC[C@@H](c3nccn3CC3CC3)C2)c1. The zero-order valence-electron chi connectivity index (χ0n) is 14.1. The predicted molar refractivity (Wildman–Crippen MR) is 93.4 cm³/mol. The summed E-state index contributed by atoms with van der Waals surface area (Å²) in [4.78, 5) is 7.32. The monoisotopic (exact) mass is 309 g/mol. The van der Waals surface area contributed by atoms with E-state index in [9.17, 15) is 0 Å². The van der Waals surface area contributed by atoms with Crippen molar-refractivity contribution in [1.82, 2.24) is 14.5 Å². The Labute approximate surface area is 139 Å². The van der Waals surface area contributed by atoms with Crippen LogP contribution in [0.4, 0.5) is 0 Å². The van der Waals surface area contributed by atoms with Crippen molar-refractivity contribution >= 4 is 0 Å². The van der Waals surface area contributed by atoms with Gasteiger partial charge in [-0.1, -0.05) is 29.8 Å². The lowest BCUT2D eigenvalue weighted by atomic mass is 9.96. The fraction of sp³-hybridized carbons (Fsp3) is 0.550. The Balaban J connectivity index is 1.43. The van der Waals surface area contributed by atoms with Crippen LogP contribution in [0.5, 0.6) is 0 Å². The molecule has 1 atom stereocenters. The molecule has 1 aromatic heterocycles. The molecule has 0 spiro atoms. The van der Waals surface area contributed by atoms with Crippen LogP contribution in [0.25, 0.3) is 0 Å². The van der Waals surface area contributed by atoms with Crippen molar-refractivity contribution in [3.63, 3.8) is 0 Å². The summed E-state index contributed by atoms with van der Waals surface area (Å²) in [6, 6.07) is 8.92. The molecule has 0 N–H and O–H groups in total. The summed E-state index contributed by atoms with van der Waals surface area (Å²) in [5.74, 6) is 2.84. The van der Waals surface area contributed by atoms with Crippen molar-refractivity contribution < 1.29 is 0 Å². The summed E-state index contributed by atoms with van der Waals surface area (Å²) in [5, 5.41) is 0. The number of rotatable bonds is 5. The van der Waals surface area contributed by atoms with Gasteiger partial charge in [-0.2, -0.15) is 0 Å². The number of piperidine rings is 1. The van der Waals surface area contributed by atoms with Crippen LogP contribution in [0.2, 0.25) is 0 Å². The second-order valence-electron chi connectivity index (χ2n) is 7.44. The first-order valence-corrected chi connectivity index (χ1v) is 9.07. The maximum absolute atomic E-state index is 4.71. The van der Waals surface area contributed by atoms with Gasteiger partial charge in [0.2, 0.25) is 0 Å². The molecule has 0 radical (unpaired) electrons. The third-order valence-electron chi connectivity index (χ3n) is 5.26.